The number of hydrogen-bond acceptors (Lipinski definition) is 1. The van der Waals surface area contributed by atoms with E-state index < -0.39 is 0 Å². The van der Waals surface area contributed by atoms with Crippen LogP contribution in [0, 0.1) is 0 Å². The molecule has 0 N–H and O–H groups in total. The maximum atomic E-state index is 5.52. The summed E-state index contributed by atoms with van der Waals surface area (Å²) in [5.41, 5.74) is 2.64. The first-order valence-corrected chi connectivity index (χ1v) is 4.19. The highest BCUT2D eigenvalue weighted by atomic mass is 16.5. The number of benzene rings is 1. The Kier molecular flexibility index (Phi) is 1.65. The van der Waals surface area contributed by atoms with Gasteiger partial charge >= 0.3 is 0 Å². The normalized spacial score (nSPS) is 21.4. The molecule has 1 heteroatoms. The topological polar surface area (TPSA) is 9.23 Å². The van der Waals surface area contributed by atoms with Crippen molar-refractivity contribution in [2.45, 2.75) is 19.4 Å². The van der Waals surface area contributed by atoms with Gasteiger partial charge in [-0.25, -0.2) is 0 Å². The Balaban J connectivity index is 2.47. The third-order valence-electron chi connectivity index (χ3n) is 2.22. The fraction of sp³-hybridized carbons (Fsp3) is 0.273. The van der Waals surface area contributed by atoms with Crippen molar-refractivity contribution in [2.75, 3.05) is 0 Å². The molecule has 0 saturated carbocycles. The standard InChI is InChI=1S/C11H12O/c1-8-7-10-5-3-4-6-11(10)9(2)12-8/h3-6,9H,1,7H2,2H3. The molecule has 0 spiro atoms. The van der Waals surface area contributed by atoms with Crippen LogP contribution in [-0.2, 0) is 11.2 Å². The summed E-state index contributed by atoms with van der Waals surface area (Å²) in [5.74, 6) is 0.876. The van der Waals surface area contributed by atoms with E-state index in [2.05, 4.69) is 31.7 Å². The molecule has 1 aliphatic heterocycles. The lowest BCUT2D eigenvalue weighted by Crippen LogP contribution is -2.11. The van der Waals surface area contributed by atoms with Crippen LogP contribution in [0.2, 0.25) is 0 Å². The first-order chi connectivity index (χ1) is 5.77. The Bertz CT molecular complexity index is 315. The fourth-order valence-electron chi connectivity index (χ4n) is 1.66. The van der Waals surface area contributed by atoms with E-state index in [1.807, 2.05) is 6.07 Å². The molecule has 0 fully saturated rings. The van der Waals surface area contributed by atoms with Crippen LogP contribution in [0.3, 0.4) is 0 Å². The third-order valence-corrected chi connectivity index (χ3v) is 2.22. The fourth-order valence-corrected chi connectivity index (χ4v) is 1.66. The largest absolute Gasteiger partial charge is 0.491 e. The summed E-state index contributed by atoms with van der Waals surface area (Å²) < 4.78 is 5.52. The zero-order valence-corrected chi connectivity index (χ0v) is 7.21. The van der Waals surface area contributed by atoms with Gasteiger partial charge in [-0.3, -0.25) is 0 Å². The van der Waals surface area contributed by atoms with Gasteiger partial charge in [0.1, 0.15) is 6.10 Å². The van der Waals surface area contributed by atoms with Crippen molar-refractivity contribution < 1.29 is 4.74 Å². The SMILES string of the molecule is C=C1Cc2ccccc2C(C)O1. The van der Waals surface area contributed by atoms with E-state index in [1.165, 1.54) is 11.1 Å². The minimum atomic E-state index is 0.169. The molecule has 1 heterocycles. The minimum Gasteiger partial charge on any atom is -0.491 e. The number of ether oxygens (including phenoxy) is 1. The van der Waals surface area contributed by atoms with Crippen LogP contribution in [0.25, 0.3) is 0 Å². The van der Waals surface area contributed by atoms with Gasteiger partial charge in [-0.05, 0) is 18.1 Å². The Labute approximate surface area is 72.7 Å². The quantitative estimate of drug-likeness (QED) is 0.567. The molecule has 0 bridgehead atoms. The van der Waals surface area contributed by atoms with Crippen molar-refractivity contribution in [1.82, 2.24) is 0 Å². The smallest absolute Gasteiger partial charge is 0.121 e. The second-order valence-corrected chi connectivity index (χ2v) is 3.17. The van der Waals surface area contributed by atoms with Crippen LogP contribution in [0.15, 0.2) is 36.6 Å². The molecule has 0 radical (unpaired) electrons. The summed E-state index contributed by atoms with van der Waals surface area (Å²) in [6.07, 6.45) is 1.03. The Morgan fingerprint density at radius 2 is 2.17 bits per heavy atom. The van der Waals surface area contributed by atoms with Gasteiger partial charge in [-0.15, -0.1) is 0 Å². The van der Waals surface area contributed by atoms with Gasteiger partial charge < -0.3 is 4.74 Å². The number of rotatable bonds is 0. The zero-order chi connectivity index (χ0) is 8.55. The summed E-state index contributed by atoms with van der Waals surface area (Å²) in [5, 5.41) is 0. The van der Waals surface area contributed by atoms with Gasteiger partial charge in [0.15, 0.2) is 0 Å². The van der Waals surface area contributed by atoms with E-state index in [0.717, 1.165) is 12.2 Å². The van der Waals surface area contributed by atoms with E-state index >= 15 is 0 Å². The van der Waals surface area contributed by atoms with Crippen LogP contribution in [-0.4, -0.2) is 0 Å². The monoisotopic (exact) mass is 160 g/mol. The Morgan fingerprint density at radius 3 is 3.00 bits per heavy atom. The predicted molar refractivity (Wildman–Crippen MR) is 48.8 cm³/mol. The summed E-state index contributed by atoms with van der Waals surface area (Å²) in [4.78, 5) is 0. The second-order valence-electron chi connectivity index (χ2n) is 3.17. The molecule has 62 valence electrons. The molecule has 2 rings (SSSR count). The average Bonchev–Trinajstić information content (AvgIpc) is 2.04. The van der Waals surface area contributed by atoms with Gasteiger partial charge in [-0.1, -0.05) is 30.8 Å². The van der Waals surface area contributed by atoms with Gasteiger partial charge in [-0.2, -0.15) is 0 Å². The second kappa shape index (κ2) is 2.67. The highest BCUT2D eigenvalue weighted by Gasteiger charge is 2.18. The molecular formula is C11H12O. The molecule has 1 aromatic carbocycles. The molecule has 1 nitrogen and oxygen atoms in total. The molecule has 1 atom stereocenters. The van der Waals surface area contributed by atoms with Crippen molar-refractivity contribution in [3.63, 3.8) is 0 Å². The third kappa shape index (κ3) is 1.11. The Morgan fingerprint density at radius 1 is 1.42 bits per heavy atom. The first-order valence-electron chi connectivity index (χ1n) is 4.19. The maximum absolute atomic E-state index is 5.52. The lowest BCUT2D eigenvalue weighted by molar-refractivity contribution is 0.118. The molecular weight excluding hydrogens is 148 g/mol. The lowest BCUT2D eigenvalue weighted by Gasteiger charge is -2.25. The van der Waals surface area contributed by atoms with Gasteiger partial charge in [0.2, 0.25) is 0 Å². The van der Waals surface area contributed by atoms with E-state index in [1.54, 1.807) is 0 Å². The highest BCUT2D eigenvalue weighted by Crippen LogP contribution is 2.30. The van der Waals surface area contributed by atoms with Crippen LogP contribution in [0.1, 0.15) is 24.2 Å². The lowest BCUT2D eigenvalue weighted by atomic mass is 9.97. The zero-order valence-electron chi connectivity index (χ0n) is 7.21. The predicted octanol–water partition coefficient (Wildman–Crippen LogP) is 2.83. The summed E-state index contributed by atoms with van der Waals surface area (Å²) in [6, 6.07) is 8.36. The summed E-state index contributed by atoms with van der Waals surface area (Å²) in [7, 11) is 0. The molecule has 1 aromatic rings. The first kappa shape index (κ1) is 7.41. The summed E-state index contributed by atoms with van der Waals surface area (Å²) in [6.45, 7) is 5.90. The van der Waals surface area contributed by atoms with Crippen molar-refractivity contribution >= 4 is 0 Å². The number of fused-ring (bicyclic) bond motifs is 1. The van der Waals surface area contributed by atoms with Gasteiger partial charge in [0, 0.05) is 6.42 Å². The molecule has 0 aromatic heterocycles. The molecule has 0 amide bonds. The van der Waals surface area contributed by atoms with Crippen LogP contribution >= 0.6 is 0 Å². The molecule has 1 unspecified atom stereocenters. The number of hydrogen-bond donors (Lipinski definition) is 0. The van der Waals surface area contributed by atoms with Crippen LogP contribution in [0.5, 0.6) is 0 Å². The Hall–Kier alpha value is -1.24. The minimum absolute atomic E-state index is 0.169. The maximum Gasteiger partial charge on any atom is 0.121 e. The van der Waals surface area contributed by atoms with Crippen LogP contribution < -0.4 is 0 Å². The van der Waals surface area contributed by atoms with Gasteiger partial charge in [0.25, 0.3) is 0 Å². The molecule has 0 aliphatic carbocycles. The van der Waals surface area contributed by atoms with Gasteiger partial charge in [0.05, 0.1) is 5.76 Å². The molecule has 0 saturated heterocycles. The van der Waals surface area contributed by atoms with Crippen molar-refractivity contribution in [3.8, 4) is 0 Å². The summed E-state index contributed by atoms with van der Waals surface area (Å²) >= 11 is 0. The van der Waals surface area contributed by atoms with Crippen molar-refractivity contribution in [3.05, 3.63) is 47.7 Å². The number of allylic oxidation sites excluding steroid dienone is 1. The van der Waals surface area contributed by atoms with Crippen LogP contribution in [0.4, 0.5) is 0 Å². The van der Waals surface area contributed by atoms with E-state index in [-0.39, 0.29) is 6.10 Å². The molecule has 12 heavy (non-hydrogen) atoms. The van der Waals surface area contributed by atoms with E-state index in [0.29, 0.717) is 0 Å². The van der Waals surface area contributed by atoms with Crippen molar-refractivity contribution in [1.29, 1.82) is 0 Å². The van der Waals surface area contributed by atoms with E-state index in [9.17, 15) is 0 Å². The van der Waals surface area contributed by atoms with E-state index in [4.69, 9.17) is 4.74 Å². The van der Waals surface area contributed by atoms with Crippen molar-refractivity contribution in [2.24, 2.45) is 0 Å². The average molecular weight is 160 g/mol. The highest BCUT2D eigenvalue weighted by molar-refractivity contribution is 5.33. The molecule has 1 aliphatic rings.